The Labute approximate surface area is 198 Å². The molecule has 0 spiro atoms. The molecule has 3 rings (SSSR count). The number of alkyl halides is 3. The highest BCUT2D eigenvalue weighted by Gasteiger charge is 2.46. The smallest absolute Gasteiger partial charge is 0.347 e. The summed E-state index contributed by atoms with van der Waals surface area (Å²) in [7, 11) is -1.97. The Kier molecular flexibility index (Phi) is 7.32. The van der Waals surface area contributed by atoms with Gasteiger partial charge in [0.15, 0.2) is 0 Å². The lowest BCUT2D eigenvalue weighted by Crippen LogP contribution is -2.37. The van der Waals surface area contributed by atoms with Crippen molar-refractivity contribution in [3.05, 3.63) is 59.0 Å². The molecule has 0 aliphatic carbocycles. The van der Waals surface area contributed by atoms with Crippen molar-refractivity contribution in [2.45, 2.75) is 57.5 Å². The lowest BCUT2D eigenvalue weighted by Gasteiger charge is -2.29. The summed E-state index contributed by atoms with van der Waals surface area (Å²) in [5.74, 6) is -2.48. The third-order valence-corrected chi connectivity index (χ3v) is 7.32. The van der Waals surface area contributed by atoms with Gasteiger partial charge in [0.1, 0.15) is 5.82 Å². The highest BCUT2D eigenvalue weighted by Crippen LogP contribution is 2.45. The number of hydrogen-bond donors (Lipinski definition) is 1. The third-order valence-electron chi connectivity index (χ3n) is 5.74. The monoisotopic (exact) mass is 502 g/mol. The lowest BCUT2D eigenvalue weighted by molar-refractivity contribution is -0.152. The Bertz CT molecular complexity index is 1190. The summed E-state index contributed by atoms with van der Waals surface area (Å²) in [6.45, 7) is 7.22. The molecule has 9 heteroatoms. The van der Waals surface area contributed by atoms with E-state index in [-0.39, 0.29) is 22.4 Å². The summed E-state index contributed by atoms with van der Waals surface area (Å²) in [5.41, 5.74) is 1.11. The largest absolute Gasteiger partial charge is 0.395 e. The molecule has 1 heterocycles. The molecule has 1 unspecified atom stereocenters. The van der Waals surface area contributed by atoms with Crippen molar-refractivity contribution in [2.24, 2.45) is 11.1 Å². The molecule has 0 saturated heterocycles. The Morgan fingerprint density at radius 3 is 2.30 bits per heavy atom. The maximum absolute atomic E-state index is 15.2. The number of fused-ring (bicyclic) bond motifs is 1. The minimum Gasteiger partial charge on any atom is -0.347 e. The summed E-state index contributed by atoms with van der Waals surface area (Å²) in [4.78, 5) is 0. The molecule has 2 aromatic carbocycles. The maximum atomic E-state index is 15.2. The molecule has 180 valence electrons. The quantitative estimate of drug-likeness (QED) is 0.341. The molecular formula is C24H27ClF4N2OS. The van der Waals surface area contributed by atoms with Gasteiger partial charge < -0.3 is 4.57 Å². The van der Waals surface area contributed by atoms with E-state index in [1.807, 2.05) is 13.8 Å². The Morgan fingerprint density at radius 2 is 1.76 bits per heavy atom. The third kappa shape index (κ3) is 5.44. The van der Waals surface area contributed by atoms with Crippen LogP contribution >= 0.6 is 11.6 Å². The average Bonchev–Trinajstić information content (AvgIpc) is 3.01. The summed E-state index contributed by atoms with van der Waals surface area (Å²) in [6, 6.07) is 9.44. The van der Waals surface area contributed by atoms with E-state index in [1.54, 1.807) is 34.9 Å². The zero-order valence-corrected chi connectivity index (χ0v) is 20.4. The minimum atomic E-state index is -4.63. The fourth-order valence-corrected chi connectivity index (χ4v) is 4.59. The van der Waals surface area contributed by atoms with E-state index in [0.29, 0.717) is 22.6 Å². The first-order valence-corrected chi connectivity index (χ1v) is 12.1. The first-order valence-electron chi connectivity index (χ1n) is 10.5. The minimum absolute atomic E-state index is 0.0544. The van der Waals surface area contributed by atoms with Gasteiger partial charge in [-0.2, -0.15) is 13.2 Å². The van der Waals surface area contributed by atoms with Crippen LogP contribution in [0.15, 0.2) is 42.6 Å². The highest BCUT2D eigenvalue weighted by atomic mass is 35.5. The molecular weight excluding hydrogens is 476 g/mol. The number of nitrogens with zero attached hydrogens (tertiary/aromatic N) is 1. The van der Waals surface area contributed by atoms with Gasteiger partial charge in [-0.05, 0) is 49.9 Å². The predicted molar refractivity (Wildman–Crippen MR) is 127 cm³/mol. The molecule has 0 saturated carbocycles. The Morgan fingerprint density at radius 1 is 1.12 bits per heavy atom. The molecule has 0 aliphatic heterocycles. The van der Waals surface area contributed by atoms with Crippen LogP contribution in [-0.2, 0) is 17.5 Å². The summed E-state index contributed by atoms with van der Waals surface area (Å²) in [6.07, 6.45) is -3.69. The fourth-order valence-electron chi connectivity index (χ4n) is 4.02. The van der Waals surface area contributed by atoms with Crippen LogP contribution < -0.4 is 5.14 Å². The maximum Gasteiger partial charge on any atom is 0.395 e. The van der Waals surface area contributed by atoms with Gasteiger partial charge in [-0.25, -0.2) is 8.60 Å². The number of hydrogen-bond acceptors (Lipinski definition) is 1. The van der Waals surface area contributed by atoms with E-state index >= 15 is 4.39 Å². The first-order chi connectivity index (χ1) is 15.2. The second-order valence-corrected chi connectivity index (χ2v) is 11.4. The Balaban J connectivity index is 2.28. The van der Waals surface area contributed by atoms with Crippen molar-refractivity contribution in [2.75, 3.05) is 0 Å². The molecule has 1 aromatic heterocycles. The lowest BCUT2D eigenvalue weighted by atomic mass is 9.88. The van der Waals surface area contributed by atoms with E-state index in [0.717, 1.165) is 6.07 Å². The van der Waals surface area contributed by atoms with Crippen molar-refractivity contribution < 1.29 is 21.8 Å². The number of halogens is 5. The molecule has 0 fully saturated rings. The van der Waals surface area contributed by atoms with E-state index < -0.39 is 40.1 Å². The van der Waals surface area contributed by atoms with E-state index in [9.17, 15) is 17.4 Å². The Hall–Kier alpha value is -1.90. The van der Waals surface area contributed by atoms with Crippen LogP contribution in [-0.4, -0.2) is 19.7 Å². The van der Waals surface area contributed by atoms with Crippen LogP contribution in [0.1, 0.15) is 45.6 Å². The van der Waals surface area contributed by atoms with Gasteiger partial charge in [0.2, 0.25) is 0 Å². The number of nitrogens with two attached hydrogens (primary N) is 1. The molecule has 0 bridgehead atoms. The van der Waals surface area contributed by atoms with Gasteiger partial charge in [-0.3, -0.25) is 5.14 Å². The summed E-state index contributed by atoms with van der Waals surface area (Å²) in [5, 5.41) is 5.99. The number of aromatic nitrogens is 1. The first kappa shape index (κ1) is 25.7. The van der Waals surface area contributed by atoms with Gasteiger partial charge in [0, 0.05) is 39.8 Å². The molecule has 0 amide bonds. The van der Waals surface area contributed by atoms with Gasteiger partial charge in [0.05, 0.1) is 21.7 Å². The zero-order valence-electron chi connectivity index (χ0n) is 18.8. The predicted octanol–water partition coefficient (Wildman–Crippen LogP) is 7.19. The number of benzene rings is 2. The van der Waals surface area contributed by atoms with Crippen molar-refractivity contribution in [1.82, 2.24) is 4.57 Å². The van der Waals surface area contributed by atoms with Gasteiger partial charge in [-0.15, -0.1) is 0 Å². The molecule has 2 N–H and O–H groups in total. The van der Waals surface area contributed by atoms with E-state index in [2.05, 4.69) is 0 Å². The molecule has 0 aliphatic rings. The second-order valence-electron chi connectivity index (χ2n) is 9.32. The molecule has 33 heavy (non-hydrogen) atoms. The van der Waals surface area contributed by atoms with Crippen molar-refractivity contribution in [3.63, 3.8) is 0 Å². The fraction of sp³-hybridized carbons (Fsp3) is 0.417. The van der Waals surface area contributed by atoms with Crippen LogP contribution in [0.25, 0.3) is 22.0 Å². The van der Waals surface area contributed by atoms with Crippen LogP contribution in [0, 0.1) is 11.7 Å². The van der Waals surface area contributed by atoms with Crippen molar-refractivity contribution in [1.29, 1.82) is 0 Å². The summed E-state index contributed by atoms with van der Waals surface area (Å²) < 4.78 is 70.3. The van der Waals surface area contributed by atoms with Gasteiger partial charge in [0.25, 0.3) is 0 Å². The zero-order chi connectivity index (χ0) is 24.7. The topological polar surface area (TPSA) is 48.0 Å². The van der Waals surface area contributed by atoms with Gasteiger partial charge in [-0.1, -0.05) is 43.6 Å². The molecule has 3 aromatic rings. The highest BCUT2D eigenvalue weighted by molar-refractivity contribution is 7.84. The molecule has 2 atom stereocenters. The van der Waals surface area contributed by atoms with Crippen molar-refractivity contribution >= 4 is 33.5 Å². The average molecular weight is 503 g/mol. The van der Waals surface area contributed by atoms with Crippen LogP contribution in [0.4, 0.5) is 17.6 Å². The van der Waals surface area contributed by atoms with E-state index in [1.165, 1.54) is 20.0 Å². The summed E-state index contributed by atoms with van der Waals surface area (Å²) >= 11 is 6.26. The van der Waals surface area contributed by atoms with Crippen molar-refractivity contribution in [3.8, 4) is 11.1 Å². The second kappa shape index (κ2) is 9.39. The SMILES string of the molecule is CC(C)Cn1cc([C@H](CC(C)(C)S(N)=O)C(F)(F)F)c2cc(F)c(-c3ccccc3Cl)cc21. The van der Waals surface area contributed by atoms with Crippen LogP contribution in [0.5, 0.6) is 0 Å². The number of rotatable bonds is 7. The van der Waals surface area contributed by atoms with Crippen LogP contribution in [0.3, 0.4) is 0 Å². The van der Waals surface area contributed by atoms with Crippen LogP contribution in [0.2, 0.25) is 5.02 Å². The van der Waals surface area contributed by atoms with E-state index in [4.69, 9.17) is 16.7 Å². The molecule has 3 nitrogen and oxygen atoms in total. The molecule has 0 radical (unpaired) electrons. The standard InChI is InChI=1S/C24H27ClF4N2OS/c1-14(2)12-31-13-18(19(24(27,28)29)11-23(3,4)33(30)32)17-9-21(26)16(10-22(17)31)15-7-5-6-8-20(15)25/h5-10,13-14,19H,11-12,30H2,1-4H3/t19-,33?/m0/s1. The normalized spacial score (nSPS) is 14.8. The van der Waals surface area contributed by atoms with Gasteiger partial charge >= 0.3 is 6.18 Å².